The van der Waals surface area contributed by atoms with Gasteiger partial charge in [0.25, 0.3) is 5.91 Å². The van der Waals surface area contributed by atoms with Crippen molar-refractivity contribution >= 4 is 11.8 Å². The molecule has 5 rings (SSSR count). The molecule has 2 fully saturated rings. The van der Waals surface area contributed by atoms with Crippen molar-refractivity contribution in [3.8, 4) is 5.75 Å². The van der Waals surface area contributed by atoms with Crippen LogP contribution in [0.2, 0.25) is 0 Å². The summed E-state index contributed by atoms with van der Waals surface area (Å²) in [6.45, 7) is 1.27. The number of aromatic nitrogens is 1. The fraction of sp³-hybridized carbons (Fsp3) is 0.458. The normalized spacial score (nSPS) is 22.1. The number of carbonyl (C=O) groups is 2. The summed E-state index contributed by atoms with van der Waals surface area (Å²) in [4.78, 5) is 31.3. The van der Waals surface area contributed by atoms with Crippen LogP contribution in [-0.2, 0) is 4.79 Å². The predicted octanol–water partition coefficient (Wildman–Crippen LogP) is 3.29. The maximum atomic E-state index is 12.8. The lowest BCUT2D eigenvalue weighted by atomic mass is 9.76. The second-order valence-electron chi connectivity index (χ2n) is 8.78. The number of rotatable bonds is 4. The molecular weight excluding hydrogens is 378 g/mol. The first-order chi connectivity index (χ1) is 14.6. The van der Waals surface area contributed by atoms with Gasteiger partial charge in [-0.15, -0.1) is 0 Å². The Hall–Kier alpha value is -2.89. The first-order valence-electron chi connectivity index (χ1n) is 10.9. The number of para-hydroxylation sites is 1. The van der Waals surface area contributed by atoms with Crippen molar-refractivity contribution in [3.63, 3.8) is 0 Å². The molecule has 1 N–H and O–H groups in total. The SMILES string of the molecule is O=C(CC1CC2(CCN(C(=O)c3ccccn3)CC2)Oc2ccccc21)NC1CC1. The van der Waals surface area contributed by atoms with Crippen molar-refractivity contribution in [2.75, 3.05) is 13.1 Å². The second-order valence-corrected chi connectivity index (χ2v) is 8.78. The highest BCUT2D eigenvalue weighted by Gasteiger charge is 2.44. The number of carbonyl (C=O) groups excluding carboxylic acids is 2. The lowest BCUT2D eigenvalue weighted by Gasteiger charge is -2.46. The fourth-order valence-corrected chi connectivity index (χ4v) is 4.74. The van der Waals surface area contributed by atoms with Crippen molar-refractivity contribution in [1.82, 2.24) is 15.2 Å². The maximum Gasteiger partial charge on any atom is 0.272 e. The van der Waals surface area contributed by atoms with Crippen LogP contribution in [0.5, 0.6) is 5.75 Å². The molecule has 0 bridgehead atoms. The third-order valence-electron chi connectivity index (χ3n) is 6.52. The van der Waals surface area contributed by atoms with Crippen LogP contribution in [0, 0.1) is 0 Å². The highest BCUT2D eigenvalue weighted by Crippen LogP contribution is 2.46. The molecule has 6 nitrogen and oxygen atoms in total. The van der Waals surface area contributed by atoms with Crippen LogP contribution in [0.1, 0.15) is 60.5 Å². The van der Waals surface area contributed by atoms with E-state index in [-0.39, 0.29) is 23.3 Å². The van der Waals surface area contributed by atoms with E-state index in [1.165, 1.54) is 0 Å². The summed E-state index contributed by atoms with van der Waals surface area (Å²) in [5, 5.41) is 3.12. The molecule has 1 saturated heterocycles. The molecule has 1 saturated carbocycles. The number of nitrogens with one attached hydrogen (secondary N) is 1. The van der Waals surface area contributed by atoms with Gasteiger partial charge >= 0.3 is 0 Å². The minimum atomic E-state index is -0.320. The minimum absolute atomic E-state index is 0.0259. The van der Waals surface area contributed by atoms with Gasteiger partial charge in [0.2, 0.25) is 5.91 Å². The number of benzene rings is 1. The zero-order chi connectivity index (χ0) is 20.6. The number of ether oxygens (including phenoxy) is 1. The zero-order valence-electron chi connectivity index (χ0n) is 17.0. The van der Waals surface area contributed by atoms with Gasteiger partial charge in [-0.2, -0.15) is 0 Å². The Morgan fingerprint density at radius 3 is 2.60 bits per heavy atom. The molecule has 1 spiro atoms. The van der Waals surface area contributed by atoms with Gasteiger partial charge in [-0.1, -0.05) is 24.3 Å². The number of fused-ring (bicyclic) bond motifs is 1. The Kier molecular flexibility index (Phi) is 4.93. The smallest absolute Gasteiger partial charge is 0.272 e. The van der Waals surface area contributed by atoms with E-state index in [9.17, 15) is 9.59 Å². The van der Waals surface area contributed by atoms with Crippen molar-refractivity contribution in [2.24, 2.45) is 0 Å². The minimum Gasteiger partial charge on any atom is -0.487 e. The Balaban J connectivity index is 1.30. The topological polar surface area (TPSA) is 71.5 Å². The van der Waals surface area contributed by atoms with Crippen LogP contribution in [-0.4, -0.2) is 46.4 Å². The van der Waals surface area contributed by atoms with Crippen molar-refractivity contribution in [2.45, 2.75) is 56.1 Å². The number of hydrogen-bond acceptors (Lipinski definition) is 4. The molecule has 2 amide bonds. The first-order valence-corrected chi connectivity index (χ1v) is 10.9. The van der Waals surface area contributed by atoms with Gasteiger partial charge in [0.1, 0.15) is 17.0 Å². The molecule has 1 atom stereocenters. The van der Waals surface area contributed by atoms with Gasteiger partial charge in [0, 0.05) is 50.5 Å². The molecule has 0 radical (unpaired) electrons. The fourth-order valence-electron chi connectivity index (χ4n) is 4.74. The molecule has 2 aliphatic heterocycles. The standard InChI is InChI=1S/C24H27N3O3/c28-22(26-18-8-9-18)15-17-16-24(30-21-7-2-1-5-19(17)21)10-13-27(14-11-24)23(29)20-6-3-4-12-25-20/h1-7,12,17-18H,8-11,13-16H2,(H,26,28). The molecule has 1 aromatic heterocycles. The molecule has 30 heavy (non-hydrogen) atoms. The number of piperidine rings is 1. The van der Waals surface area contributed by atoms with E-state index < -0.39 is 0 Å². The van der Waals surface area contributed by atoms with E-state index in [4.69, 9.17) is 4.74 Å². The summed E-state index contributed by atoms with van der Waals surface area (Å²) in [7, 11) is 0. The average molecular weight is 405 g/mol. The highest BCUT2D eigenvalue weighted by molar-refractivity contribution is 5.92. The van der Waals surface area contributed by atoms with E-state index in [0.717, 1.165) is 43.4 Å². The third-order valence-corrected chi connectivity index (χ3v) is 6.52. The van der Waals surface area contributed by atoms with Crippen molar-refractivity contribution in [3.05, 3.63) is 59.9 Å². The zero-order valence-corrected chi connectivity index (χ0v) is 17.0. The largest absolute Gasteiger partial charge is 0.487 e. The molecule has 2 aromatic rings. The van der Waals surface area contributed by atoms with Crippen LogP contribution in [0.3, 0.4) is 0 Å². The number of nitrogens with zero attached hydrogens (tertiary/aromatic N) is 2. The molecule has 156 valence electrons. The van der Waals surface area contributed by atoms with Gasteiger partial charge < -0.3 is 15.0 Å². The summed E-state index contributed by atoms with van der Waals surface area (Å²) in [5.74, 6) is 1.14. The van der Waals surface area contributed by atoms with Gasteiger partial charge in [-0.25, -0.2) is 0 Å². The van der Waals surface area contributed by atoms with E-state index in [1.54, 1.807) is 12.3 Å². The van der Waals surface area contributed by atoms with E-state index in [0.29, 0.717) is 31.2 Å². The Bertz CT molecular complexity index is 934. The Morgan fingerprint density at radius 2 is 1.87 bits per heavy atom. The molecule has 3 aliphatic rings. The number of pyridine rings is 1. The monoisotopic (exact) mass is 405 g/mol. The van der Waals surface area contributed by atoms with Crippen LogP contribution in [0.4, 0.5) is 0 Å². The van der Waals surface area contributed by atoms with Gasteiger partial charge in [-0.3, -0.25) is 14.6 Å². The molecule has 1 aliphatic carbocycles. The van der Waals surface area contributed by atoms with E-state index in [2.05, 4.69) is 16.4 Å². The number of amides is 2. The average Bonchev–Trinajstić information content (AvgIpc) is 3.58. The van der Waals surface area contributed by atoms with E-state index in [1.807, 2.05) is 35.2 Å². The molecular formula is C24H27N3O3. The van der Waals surface area contributed by atoms with Gasteiger partial charge in [0.05, 0.1) is 0 Å². The summed E-state index contributed by atoms with van der Waals surface area (Å²) in [5.41, 5.74) is 1.29. The van der Waals surface area contributed by atoms with Crippen LogP contribution >= 0.6 is 0 Å². The van der Waals surface area contributed by atoms with Crippen molar-refractivity contribution in [1.29, 1.82) is 0 Å². The quantitative estimate of drug-likeness (QED) is 0.847. The summed E-state index contributed by atoms with van der Waals surface area (Å²) < 4.78 is 6.51. The Morgan fingerprint density at radius 1 is 1.10 bits per heavy atom. The van der Waals surface area contributed by atoms with Crippen LogP contribution in [0.25, 0.3) is 0 Å². The van der Waals surface area contributed by atoms with Crippen molar-refractivity contribution < 1.29 is 14.3 Å². The highest BCUT2D eigenvalue weighted by atomic mass is 16.5. The molecule has 1 unspecified atom stereocenters. The van der Waals surface area contributed by atoms with E-state index >= 15 is 0 Å². The lowest BCUT2D eigenvalue weighted by molar-refractivity contribution is -0.122. The van der Waals surface area contributed by atoms with Gasteiger partial charge in [-0.05, 0) is 43.0 Å². The van der Waals surface area contributed by atoms with Gasteiger partial charge in [0.15, 0.2) is 0 Å². The maximum absolute atomic E-state index is 12.8. The summed E-state index contributed by atoms with van der Waals surface area (Å²) in [6.07, 6.45) is 6.68. The second kappa shape index (κ2) is 7.74. The lowest BCUT2D eigenvalue weighted by Crippen LogP contribution is -2.52. The molecule has 3 heterocycles. The number of likely N-dealkylation sites (tertiary alicyclic amines) is 1. The molecule has 6 heteroatoms. The predicted molar refractivity (Wildman–Crippen MR) is 112 cm³/mol. The van der Waals surface area contributed by atoms with Crippen LogP contribution in [0.15, 0.2) is 48.7 Å². The first kappa shape index (κ1) is 19.1. The summed E-state index contributed by atoms with van der Waals surface area (Å²) >= 11 is 0. The number of hydrogen-bond donors (Lipinski definition) is 1. The molecule has 1 aromatic carbocycles. The third kappa shape index (κ3) is 3.91. The summed E-state index contributed by atoms with van der Waals surface area (Å²) in [6, 6.07) is 13.9. The Labute approximate surface area is 176 Å². The van der Waals surface area contributed by atoms with Crippen LogP contribution < -0.4 is 10.1 Å².